The van der Waals surface area contributed by atoms with Crippen LogP contribution < -0.4 is 5.32 Å². The molecule has 3 nitrogen and oxygen atoms in total. The number of rotatable bonds is 3. The van der Waals surface area contributed by atoms with Crippen LogP contribution in [0.4, 0.5) is 0 Å². The molecule has 2 N–H and O–H groups in total. The summed E-state index contributed by atoms with van der Waals surface area (Å²) in [5.41, 5.74) is 2.51. The van der Waals surface area contributed by atoms with E-state index in [1.54, 1.807) is 23.5 Å². The zero-order chi connectivity index (χ0) is 15.0. The van der Waals surface area contributed by atoms with Crippen LogP contribution in [0, 0.1) is 5.41 Å². The molecule has 21 heavy (non-hydrogen) atoms. The second-order valence-electron chi connectivity index (χ2n) is 6.54. The molecular weight excluding hydrogens is 280 g/mol. The number of thiazole rings is 1. The van der Waals surface area contributed by atoms with Gasteiger partial charge >= 0.3 is 0 Å². The van der Waals surface area contributed by atoms with Crippen molar-refractivity contribution >= 4 is 11.3 Å². The molecule has 1 unspecified atom stereocenters. The number of nitrogens with one attached hydrogen (secondary N) is 1. The zero-order valence-electron chi connectivity index (χ0n) is 12.8. The molecule has 0 amide bonds. The van der Waals surface area contributed by atoms with Crippen LogP contribution in [0.15, 0.2) is 24.3 Å². The van der Waals surface area contributed by atoms with E-state index in [0.29, 0.717) is 11.8 Å². The Morgan fingerprint density at radius 3 is 2.95 bits per heavy atom. The summed E-state index contributed by atoms with van der Waals surface area (Å²) in [4.78, 5) is 6.23. The summed E-state index contributed by atoms with van der Waals surface area (Å²) in [6.45, 7) is 7.75. The van der Waals surface area contributed by atoms with Crippen LogP contribution in [-0.2, 0) is 6.42 Å². The molecule has 0 saturated carbocycles. The van der Waals surface area contributed by atoms with Crippen molar-refractivity contribution in [2.45, 2.75) is 39.7 Å². The van der Waals surface area contributed by atoms with Gasteiger partial charge in [0.1, 0.15) is 10.8 Å². The number of benzene rings is 1. The third-order valence-electron chi connectivity index (χ3n) is 3.99. The summed E-state index contributed by atoms with van der Waals surface area (Å²) in [5, 5.41) is 14.3. The van der Waals surface area contributed by atoms with Gasteiger partial charge in [-0.15, -0.1) is 11.3 Å². The van der Waals surface area contributed by atoms with Gasteiger partial charge in [-0.25, -0.2) is 4.98 Å². The molecule has 4 heteroatoms. The fourth-order valence-electron chi connectivity index (χ4n) is 3.11. The van der Waals surface area contributed by atoms with E-state index < -0.39 is 0 Å². The maximum absolute atomic E-state index is 9.66. The normalized spacial score (nSPS) is 20.2. The van der Waals surface area contributed by atoms with E-state index in [1.165, 1.54) is 10.6 Å². The molecule has 0 aliphatic heterocycles. The highest BCUT2D eigenvalue weighted by Gasteiger charge is 2.34. The minimum absolute atomic E-state index is 0.282. The van der Waals surface area contributed by atoms with E-state index in [2.05, 4.69) is 26.1 Å². The van der Waals surface area contributed by atoms with Crippen LogP contribution in [0.3, 0.4) is 0 Å². The van der Waals surface area contributed by atoms with Crippen molar-refractivity contribution in [3.63, 3.8) is 0 Å². The number of fused-ring (bicyclic) bond motifs is 1. The van der Waals surface area contributed by atoms with Crippen molar-refractivity contribution in [3.05, 3.63) is 34.8 Å². The second kappa shape index (κ2) is 5.43. The Balaban J connectivity index is 2.01. The predicted molar refractivity (Wildman–Crippen MR) is 87.7 cm³/mol. The van der Waals surface area contributed by atoms with Gasteiger partial charge in [0.05, 0.1) is 5.69 Å². The van der Waals surface area contributed by atoms with Gasteiger partial charge in [-0.05, 0) is 36.9 Å². The third-order valence-corrected chi connectivity index (χ3v) is 5.25. The molecule has 1 aliphatic carbocycles. The molecule has 0 radical (unpaired) electrons. The number of phenolic OH excluding ortho intramolecular Hbond substituents is 1. The molecule has 0 spiro atoms. The monoisotopic (exact) mass is 302 g/mol. The van der Waals surface area contributed by atoms with E-state index in [9.17, 15) is 5.11 Å². The lowest BCUT2D eigenvalue weighted by atomic mass is 9.76. The average Bonchev–Trinajstić information content (AvgIpc) is 2.81. The molecule has 112 valence electrons. The quantitative estimate of drug-likeness (QED) is 0.895. The lowest BCUT2D eigenvalue weighted by Crippen LogP contribution is -2.32. The van der Waals surface area contributed by atoms with Crippen LogP contribution in [0.5, 0.6) is 5.75 Å². The van der Waals surface area contributed by atoms with E-state index in [0.717, 1.165) is 30.0 Å². The van der Waals surface area contributed by atoms with E-state index in [4.69, 9.17) is 4.98 Å². The third kappa shape index (κ3) is 2.97. The van der Waals surface area contributed by atoms with Crippen LogP contribution in [0.25, 0.3) is 10.6 Å². The van der Waals surface area contributed by atoms with E-state index in [1.807, 2.05) is 12.1 Å². The minimum atomic E-state index is 0.282. The molecule has 0 bridgehead atoms. The first-order valence-electron chi connectivity index (χ1n) is 7.51. The van der Waals surface area contributed by atoms with Gasteiger partial charge < -0.3 is 10.4 Å². The lowest BCUT2D eigenvalue weighted by molar-refractivity contribution is 0.260. The fraction of sp³-hybridized carbons (Fsp3) is 0.471. The molecule has 0 saturated heterocycles. The Hall–Kier alpha value is -1.39. The summed E-state index contributed by atoms with van der Waals surface area (Å²) in [7, 11) is 0. The van der Waals surface area contributed by atoms with Gasteiger partial charge in [-0.3, -0.25) is 0 Å². The number of phenols is 1. The van der Waals surface area contributed by atoms with Crippen LogP contribution >= 0.6 is 11.3 Å². The van der Waals surface area contributed by atoms with Gasteiger partial charge in [0.25, 0.3) is 0 Å². The molecule has 2 aromatic rings. The maximum atomic E-state index is 9.66. The van der Waals surface area contributed by atoms with Crippen molar-refractivity contribution in [2.75, 3.05) is 6.54 Å². The van der Waals surface area contributed by atoms with Crippen LogP contribution in [0.2, 0.25) is 0 Å². The highest BCUT2D eigenvalue weighted by molar-refractivity contribution is 7.15. The Morgan fingerprint density at radius 1 is 1.43 bits per heavy atom. The largest absolute Gasteiger partial charge is 0.508 e. The highest BCUT2D eigenvalue weighted by Crippen LogP contribution is 2.44. The molecule has 0 fully saturated rings. The highest BCUT2D eigenvalue weighted by atomic mass is 32.1. The number of nitrogens with zero attached hydrogens (tertiary/aromatic N) is 1. The SMILES string of the molecule is CCNC1CC(C)(C)Cc2nc(-c3cccc(O)c3)sc21. The molecule has 1 aliphatic rings. The molecule has 1 atom stereocenters. The van der Waals surface area contributed by atoms with Crippen molar-refractivity contribution in [1.82, 2.24) is 10.3 Å². The minimum Gasteiger partial charge on any atom is -0.508 e. The van der Waals surface area contributed by atoms with Crippen LogP contribution in [0.1, 0.15) is 43.8 Å². The van der Waals surface area contributed by atoms with Crippen molar-refractivity contribution in [1.29, 1.82) is 0 Å². The summed E-state index contributed by atoms with van der Waals surface area (Å²) < 4.78 is 0. The molecule has 1 aromatic heterocycles. The Bertz CT molecular complexity index is 648. The first kappa shape index (κ1) is 14.5. The zero-order valence-corrected chi connectivity index (χ0v) is 13.6. The summed E-state index contributed by atoms with van der Waals surface area (Å²) in [6.07, 6.45) is 2.18. The standard InChI is InChI=1S/C17H22N2OS/c1-4-18-13-9-17(2,3)10-14-15(13)21-16(19-14)11-6-5-7-12(20)8-11/h5-8,13,18,20H,4,9-10H2,1-3H3. The van der Waals surface area contributed by atoms with Crippen molar-refractivity contribution < 1.29 is 5.11 Å². The maximum Gasteiger partial charge on any atom is 0.124 e. The van der Waals surface area contributed by atoms with Gasteiger partial charge in [0.15, 0.2) is 0 Å². The van der Waals surface area contributed by atoms with Gasteiger partial charge in [0.2, 0.25) is 0 Å². The molecule has 1 aromatic carbocycles. The Kier molecular flexibility index (Phi) is 3.76. The number of hydrogen-bond acceptors (Lipinski definition) is 4. The lowest BCUT2D eigenvalue weighted by Gasteiger charge is -2.34. The second-order valence-corrected chi connectivity index (χ2v) is 7.57. The Labute approximate surface area is 130 Å². The van der Waals surface area contributed by atoms with E-state index >= 15 is 0 Å². The molecule has 1 heterocycles. The van der Waals surface area contributed by atoms with Gasteiger partial charge in [0, 0.05) is 16.5 Å². The summed E-state index contributed by atoms with van der Waals surface area (Å²) in [6, 6.07) is 7.77. The van der Waals surface area contributed by atoms with E-state index in [-0.39, 0.29) is 5.41 Å². The number of hydrogen-bond donors (Lipinski definition) is 2. The van der Waals surface area contributed by atoms with Gasteiger partial charge in [-0.2, -0.15) is 0 Å². The summed E-state index contributed by atoms with van der Waals surface area (Å²) >= 11 is 1.76. The topological polar surface area (TPSA) is 45.2 Å². The predicted octanol–water partition coefficient (Wildman–Crippen LogP) is 4.14. The fourth-order valence-corrected chi connectivity index (χ4v) is 4.26. The Morgan fingerprint density at radius 2 is 2.24 bits per heavy atom. The first-order chi connectivity index (χ1) is 9.98. The molecular formula is C17H22N2OS. The van der Waals surface area contributed by atoms with Gasteiger partial charge in [-0.1, -0.05) is 32.9 Å². The van der Waals surface area contributed by atoms with Crippen molar-refractivity contribution in [2.24, 2.45) is 5.41 Å². The van der Waals surface area contributed by atoms with Crippen LogP contribution in [-0.4, -0.2) is 16.6 Å². The number of aromatic nitrogens is 1. The number of aromatic hydroxyl groups is 1. The average molecular weight is 302 g/mol. The molecule has 3 rings (SSSR count). The smallest absolute Gasteiger partial charge is 0.124 e. The summed E-state index contributed by atoms with van der Waals surface area (Å²) in [5.74, 6) is 0.296. The first-order valence-corrected chi connectivity index (χ1v) is 8.32. The van der Waals surface area contributed by atoms with Crippen molar-refractivity contribution in [3.8, 4) is 16.3 Å².